The second kappa shape index (κ2) is 10.7. The van der Waals surface area contributed by atoms with Gasteiger partial charge in [-0.1, -0.05) is 60.3 Å². The van der Waals surface area contributed by atoms with Gasteiger partial charge in [0.2, 0.25) is 0 Å². The van der Waals surface area contributed by atoms with E-state index < -0.39 is 0 Å². The van der Waals surface area contributed by atoms with E-state index in [0.717, 1.165) is 37.1 Å². The Morgan fingerprint density at radius 2 is 1.53 bits per heavy atom. The van der Waals surface area contributed by atoms with E-state index in [9.17, 15) is 0 Å². The SMILES string of the molecule is C1=C\C/C=C\CC[C@@]23CN(CC/C=C\C/1)C[C@H]1C/C4=C/C/C=C\CCCCN(C2)[C@@H]4C[C@H]13. The first-order chi connectivity index (χ1) is 15.8. The Morgan fingerprint density at radius 3 is 2.44 bits per heavy atom. The summed E-state index contributed by atoms with van der Waals surface area (Å²) in [5.41, 5.74) is 2.28. The zero-order valence-corrected chi connectivity index (χ0v) is 20.1. The van der Waals surface area contributed by atoms with Crippen LogP contribution < -0.4 is 0 Å². The molecule has 0 amide bonds. The molecule has 2 heteroatoms. The molecule has 2 nitrogen and oxygen atoms in total. The van der Waals surface area contributed by atoms with Crippen LogP contribution >= 0.6 is 0 Å². The van der Waals surface area contributed by atoms with Crippen molar-refractivity contribution in [3.05, 3.63) is 60.3 Å². The molecule has 5 rings (SSSR count). The largest absolute Gasteiger partial charge is 0.302 e. The molecule has 2 saturated heterocycles. The van der Waals surface area contributed by atoms with Crippen LogP contribution in [0.5, 0.6) is 0 Å². The number of nitrogens with zero attached hydrogens (tertiary/aromatic N) is 2. The van der Waals surface area contributed by atoms with Crippen LogP contribution in [0.25, 0.3) is 0 Å². The van der Waals surface area contributed by atoms with Crippen molar-refractivity contribution in [2.75, 3.05) is 32.7 Å². The third-order valence-corrected chi connectivity index (χ3v) is 8.96. The lowest BCUT2D eigenvalue weighted by Crippen LogP contribution is -2.65. The third kappa shape index (κ3) is 5.07. The molecule has 0 aromatic rings. The van der Waals surface area contributed by atoms with Gasteiger partial charge in [-0.15, -0.1) is 0 Å². The average Bonchev–Trinajstić information content (AvgIpc) is 2.84. The van der Waals surface area contributed by atoms with Gasteiger partial charge in [0.15, 0.2) is 0 Å². The third-order valence-electron chi connectivity index (χ3n) is 8.96. The van der Waals surface area contributed by atoms with Crippen molar-refractivity contribution in [3.8, 4) is 0 Å². The van der Waals surface area contributed by atoms with E-state index in [-0.39, 0.29) is 0 Å². The summed E-state index contributed by atoms with van der Waals surface area (Å²) in [5.74, 6) is 1.80. The summed E-state index contributed by atoms with van der Waals surface area (Å²) in [6.45, 7) is 6.54. The van der Waals surface area contributed by atoms with Crippen molar-refractivity contribution in [2.45, 2.75) is 76.7 Å². The molecule has 4 bridgehead atoms. The average molecular weight is 433 g/mol. The summed E-state index contributed by atoms with van der Waals surface area (Å²) < 4.78 is 0. The maximum atomic E-state index is 2.95. The van der Waals surface area contributed by atoms with Crippen LogP contribution in [0.4, 0.5) is 0 Å². The zero-order valence-electron chi connectivity index (χ0n) is 20.1. The van der Waals surface area contributed by atoms with Crippen molar-refractivity contribution in [2.24, 2.45) is 17.3 Å². The van der Waals surface area contributed by atoms with Crippen LogP contribution in [0.1, 0.15) is 70.6 Å². The molecule has 3 fully saturated rings. The van der Waals surface area contributed by atoms with Gasteiger partial charge in [0.05, 0.1) is 0 Å². The molecule has 1 unspecified atom stereocenters. The Balaban J connectivity index is 1.43. The van der Waals surface area contributed by atoms with Gasteiger partial charge in [0.1, 0.15) is 0 Å². The standard InChI is InChI=1S/C30H44N2/c1-2-4-7-11-15-19-31-23-27-21-26-17-13-9-5-8-12-16-20-32-25-30(24-31,18-14-10-6-3-1)28(27)22-29(26)32/h1-2,5-7,9-11,17,27-29H,3-4,8,12-16,18-25H2/b2-1-,9-5-,10-6-,11-7-,26-17-/t27-,28-,29-,30-/m1/s1. The highest BCUT2D eigenvalue weighted by Gasteiger charge is 2.55. The Hall–Kier alpha value is -1.38. The molecule has 5 aliphatic rings. The number of fused-ring (bicyclic) bond motifs is 1. The minimum Gasteiger partial charge on any atom is -0.302 e. The summed E-state index contributed by atoms with van der Waals surface area (Å²) in [5, 5.41) is 0. The highest BCUT2D eigenvalue weighted by Crippen LogP contribution is 2.55. The maximum Gasteiger partial charge on any atom is 0.0310 e. The lowest BCUT2D eigenvalue weighted by atomic mass is 9.54. The van der Waals surface area contributed by atoms with Crippen LogP contribution in [0.2, 0.25) is 0 Å². The van der Waals surface area contributed by atoms with Gasteiger partial charge < -0.3 is 4.90 Å². The highest BCUT2D eigenvalue weighted by molar-refractivity contribution is 5.23. The van der Waals surface area contributed by atoms with Gasteiger partial charge in [-0.2, -0.15) is 0 Å². The molecule has 1 saturated carbocycles. The number of hydrogen-bond donors (Lipinski definition) is 0. The van der Waals surface area contributed by atoms with Crippen molar-refractivity contribution in [3.63, 3.8) is 0 Å². The number of hydrogen-bond acceptors (Lipinski definition) is 2. The highest BCUT2D eigenvalue weighted by atomic mass is 15.2. The first-order valence-electron chi connectivity index (χ1n) is 13.6. The first kappa shape index (κ1) is 22.4. The van der Waals surface area contributed by atoms with E-state index in [1.807, 2.05) is 0 Å². The fourth-order valence-corrected chi connectivity index (χ4v) is 7.52. The molecule has 1 aliphatic carbocycles. The maximum absolute atomic E-state index is 2.95. The van der Waals surface area contributed by atoms with Gasteiger partial charge in [0.25, 0.3) is 0 Å². The van der Waals surface area contributed by atoms with Gasteiger partial charge in [-0.3, -0.25) is 4.90 Å². The minimum absolute atomic E-state index is 0.494. The Kier molecular flexibility index (Phi) is 7.49. The second-order valence-electron chi connectivity index (χ2n) is 11.1. The molecular formula is C30H44N2. The monoisotopic (exact) mass is 432 g/mol. The molecule has 0 aromatic carbocycles. The molecular weight excluding hydrogens is 388 g/mol. The van der Waals surface area contributed by atoms with Gasteiger partial charge in [0, 0.05) is 32.2 Å². The van der Waals surface area contributed by atoms with Crippen LogP contribution in [0, 0.1) is 17.3 Å². The fraction of sp³-hybridized carbons (Fsp3) is 0.667. The van der Waals surface area contributed by atoms with E-state index in [0.29, 0.717) is 5.41 Å². The molecule has 32 heavy (non-hydrogen) atoms. The topological polar surface area (TPSA) is 6.48 Å². The summed E-state index contributed by atoms with van der Waals surface area (Å²) >= 11 is 0. The molecule has 0 N–H and O–H groups in total. The van der Waals surface area contributed by atoms with Crippen LogP contribution in [-0.4, -0.2) is 48.6 Å². The predicted octanol–water partition coefficient (Wildman–Crippen LogP) is 6.69. The van der Waals surface area contributed by atoms with Crippen LogP contribution in [0.3, 0.4) is 0 Å². The first-order valence-corrected chi connectivity index (χ1v) is 13.6. The van der Waals surface area contributed by atoms with E-state index in [1.165, 1.54) is 84.1 Å². The molecule has 174 valence electrons. The number of piperidine rings is 2. The Labute approximate surface area is 196 Å². The van der Waals surface area contributed by atoms with Crippen LogP contribution in [-0.2, 0) is 0 Å². The van der Waals surface area contributed by atoms with Gasteiger partial charge >= 0.3 is 0 Å². The van der Waals surface area contributed by atoms with E-state index >= 15 is 0 Å². The lowest BCUT2D eigenvalue weighted by Gasteiger charge is -2.62. The summed E-state index contributed by atoms with van der Waals surface area (Å²) in [7, 11) is 0. The molecule has 0 aromatic heterocycles. The van der Waals surface area contributed by atoms with Gasteiger partial charge in [-0.05, 0) is 94.4 Å². The van der Waals surface area contributed by atoms with Crippen molar-refractivity contribution in [1.29, 1.82) is 0 Å². The van der Waals surface area contributed by atoms with Crippen molar-refractivity contribution >= 4 is 0 Å². The quantitative estimate of drug-likeness (QED) is 0.394. The fourth-order valence-electron chi connectivity index (χ4n) is 7.52. The van der Waals surface area contributed by atoms with E-state index in [4.69, 9.17) is 0 Å². The molecule has 5 atom stereocenters. The Bertz CT molecular complexity index is 772. The molecule has 0 radical (unpaired) electrons. The normalized spacial score (nSPS) is 44.4. The van der Waals surface area contributed by atoms with Crippen molar-refractivity contribution < 1.29 is 0 Å². The van der Waals surface area contributed by atoms with Gasteiger partial charge in [-0.25, -0.2) is 0 Å². The minimum atomic E-state index is 0.494. The predicted molar refractivity (Wildman–Crippen MR) is 137 cm³/mol. The van der Waals surface area contributed by atoms with Crippen molar-refractivity contribution in [1.82, 2.24) is 9.80 Å². The smallest absolute Gasteiger partial charge is 0.0310 e. The summed E-state index contributed by atoms with van der Waals surface area (Å²) in [4.78, 5) is 5.82. The summed E-state index contributed by atoms with van der Waals surface area (Å²) in [6.07, 6.45) is 35.7. The number of rotatable bonds is 0. The molecule has 4 heterocycles. The van der Waals surface area contributed by atoms with Crippen LogP contribution in [0.15, 0.2) is 60.3 Å². The zero-order chi connectivity index (χ0) is 21.6. The second-order valence-corrected chi connectivity index (χ2v) is 11.1. The van der Waals surface area contributed by atoms with E-state index in [1.54, 1.807) is 5.57 Å². The number of allylic oxidation sites excluding steroid dienone is 8. The Morgan fingerprint density at radius 1 is 0.750 bits per heavy atom. The van der Waals surface area contributed by atoms with E-state index in [2.05, 4.69) is 64.5 Å². The molecule has 1 spiro atoms. The lowest BCUT2D eigenvalue weighted by molar-refractivity contribution is -0.107. The molecule has 4 aliphatic heterocycles. The summed E-state index contributed by atoms with van der Waals surface area (Å²) in [6, 6.07) is 0.736.